The van der Waals surface area contributed by atoms with E-state index in [-0.39, 0.29) is 16.8 Å². The van der Waals surface area contributed by atoms with Crippen molar-refractivity contribution in [2.24, 2.45) is 0 Å². The van der Waals surface area contributed by atoms with Gasteiger partial charge in [0.2, 0.25) is 15.9 Å². The van der Waals surface area contributed by atoms with Crippen LogP contribution < -0.4 is 9.62 Å². The van der Waals surface area contributed by atoms with Gasteiger partial charge in [0.05, 0.1) is 10.9 Å². The third-order valence-corrected chi connectivity index (χ3v) is 6.38. The first-order valence-corrected chi connectivity index (χ1v) is 10.2. The molecule has 8 nitrogen and oxygen atoms in total. The monoisotopic (exact) mass is 375 g/mol. The van der Waals surface area contributed by atoms with Crippen molar-refractivity contribution in [1.29, 1.82) is 0 Å². The Morgan fingerprint density at radius 2 is 2.12 bits per heavy atom. The molecule has 4 rings (SSSR count). The Labute approximate surface area is 152 Å². The van der Waals surface area contributed by atoms with Gasteiger partial charge in [-0.25, -0.2) is 22.8 Å². The maximum atomic E-state index is 12.9. The molecule has 2 aromatic rings. The van der Waals surface area contributed by atoms with Crippen molar-refractivity contribution < 1.29 is 13.2 Å². The normalized spacial score (nSPS) is 19.3. The van der Waals surface area contributed by atoms with E-state index in [2.05, 4.69) is 14.8 Å². The topological polar surface area (TPSA) is 97.2 Å². The van der Waals surface area contributed by atoms with Crippen molar-refractivity contribution in [3.63, 3.8) is 0 Å². The Morgan fingerprint density at radius 3 is 2.88 bits per heavy atom. The number of fused-ring (bicyclic) bond motifs is 2. The number of hydrogen-bond acceptors (Lipinski definition) is 5. The lowest BCUT2D eigenvalue weighted by atomic mass is 10.1. The van der Waals surface area contributed by atoms with Crippen LogP contribution in [0.1, 0.15) is 43.0 Å². The minimum absolute atomic E-state index is 0.0330. The lowest BCUT2D eigenvalue weighted by Crippen LogP contribution is -2.33. The number of hydrogen-bond donors (Lipinski definition) is 1. The summed E-state index contributed by atoms with van der Waals surface area (Å²) in [5.41, 5.74) is 1.68. The van der Waals surface area contributed by atoms with E-state index in [0.29, 0.717) is 31.0 Å². The van der Waals surface area contributed by atoms with Crippen LogP contribution in [0, 0.1) is 6.92 Å². The van der Waals surface area contributed by atoms with Gasteiger partial charge >= 0.3 is 0 Å². The lowest BCUT2D eigenvalue weighted by Gasteiger charge is -2.23. The molecule has 0 fully saturated rings. The van der Waals surface area contributed by atoms with Gasteiger partial charge in [0.1, 0.15) is 11.6 Å². The number of carbonyl (C=O) groups excluding carboxylic acids is 1. The van der Waals surface area contributed by atoms with Gasteiger partial charge < -0.3 is 4.90 Å². The molecule has 1 aromatic heterocycles. The lowest BCUT2D eigenvalue weighted by molar-refractivity contribution is -0.116. The van der Waals surface area contributed by atoms with Crippen molar-refractivity contribution >= 4 is 21.6 Å². The molecule has 0 saturated heterocycles. The van der Waals surface area contributed by atoms with Crippen LogP contribution in [0.25, 0.3) is 0 Å². The van der Waals surface area contributed by atoms with Crippen molar-refractivity contribution in [2.45, 2.75) is 50.6 Å². The van der Waals surface area contributed by atoms with E-state index in [0.717, 1.165) is 24.2 Å². The third-order valence-electron chi connectivity index (χ3n) is 4.91. The fourth-order valence-corrected chi connectivity index (χ4v) is 4.99. The van der Waals surface area contributed by atoms with Gasteiger partial charge in [-0.3, -0.25) is 4.79 Å². The number of carbonyl (C=O) groups is 1. The van der Waals surface area contributed by atoms with E-state index >= 15 is 0 Å². The van der Waals surface area contributed by atoms with Gasteiger partial charge in [-0.1, -0.05) is 0 Å². The highest BCUT2D eigenvalue weighted by atomic mass is 32.2. The quantitative estimate of drug-likeness (QED) is 0.872. The Morgan fingerprint density at radius 1 is 1.31 bits per heavy atom. The minimum Gasteiger partial charge on any atom is -0.312 e. The molecule has 1 N–H and O–H groups in total. The summed E-state index contributed by atoms with van der Waals surface area (Å²) >= 11 is 0. The fraction of sp³-hybridized carbons (Fsp3) is 0.471. The molecule has 138 valence electrons. The molecular weight excluding hydrogens is 354 g/mol. The average Bonchev–Trinajstić information content (AvgIpc) is 3.17. The average molecular weight is 375 g/mol. The number of aromatic nitrogens is 3. The van der Waals surface area contributed by atoms with Gasteiger partial charge in [0, 0.05) is 25.7 Å². The Balaban J connectivity index is 1.61. The van der Waals surface area contributed by atoms with Gasteiger partial charge in [-0.2, -0.15) is 5.10 Å². The zero-order valence-electron chi connectivity index (χ0n) is 14.8. The smallest absolute Gasteiger partial charge is 0.241 e. The number of anilines is 1. The maximum Gasteiger partial charge on any atom is 0.241 e. The molecular formula is C17H21N5O3S. The van der Waals surface area contributed by atoms with E-state index in [1.165, 1.54) is 6.92 Å². The Bertz CT molecular complexity index is 982. The molecule has 1 aromatic carbocycles. The van der Waals surface area contributed by atoms with Crippen LogP contribution in [-0.4, -0.2) is 35.6 Å². The molecule has 2 aliphatic rings. The van der Waals surface area contributed by atoms with E-state index in [4.69, 9.17) is 0 Å². The summed E-state index contributed by atoms with van der Waals surface area (Å²) in [5, 5.41) is 4.31. The van der Waals surface area contributed by atoms with Gasteiger partial charge in [-0.15, -0.1) is 0 Å². The van der Waals surface area contributed by atoms with E-state index in [1.807, 2.05) is 0 Å². The third kappa shape index (κ3) is 2.90. The molecule has 9 heteroatoms. The zero-order chi connectivity index (χ0) is 18.5. The van der Waals surface area contributed by atoms with E-state index in [1.54, 1.807) is 34.7 Å². The van der Waals surface area contributed by atoms with Crippen LogP contribution in [0.15, 0.2) is 23.1 Å². The molecule has 0 radical (unpaired) electrons. The summed E-state index contributed by atoms with van der Waals surface area (Å²) in [4.78, 5) is 17.9. The number of aryl methyl sites for hydroxylation is 2. The molecule has 0 aliphatic carbocycles. The Kier molecular flexibility index (Phi) is 4.07. The molecule has 1 atom stereocenters. The van der Waals surface area contributed by atoms with Crippen molar-refractivity contribution in [1.82, 2.24) is 19.5 Å². The summed E-state index contributed by atoms with van der Waals surface area (Å²) in [6, 6.07) is 4.56. The number of amides is 1. The Hall–Kier alpha value is -2.26. The summed E-state index contributed by atoms with van der Waals surface area (Å²) in [6.07, 6.45) is 2.20. The second-order valence-corrected chi connectivity index (χ2v) is 8.48. The summed E-state index contributed by atoms with van der Waals surface area (Å²) in [6.45, 7) is 4.67. The number of sulfonamides is 1. The highest BCUT2D eigenvalue weighted by Gasteiger charge is 2.30. The van der Waals surface area contributed by atoms with Crippen LogP contribution in [0.4, 0.5) is 5.69 Å². The molecule has 0 saturated carbocycles. The van der Waals surface area contributed by atoms with Gasteiger partial charge in [0.15, 0.2) is 0 Å². The van der Waals surface area contributed by atoms with Crippen LogP contribution >= 0.6 is 0 Å². The predicted octanol–water partition coefficient (Wildman–Crippen LogP) is 1.31. The maximum absolute atomic E-state index is 12.9. The van der Waals surface area contributed by atoms with Crippen molar-refractivity contribution in [3.8, 4) is 0 Å². The van der Waals surface area contributed by atoms with Gasteiger partial charge in [0.25, 0.3) is 0 Å². The fourth-order valence-electron chi connectivity index (χ4n) is 3.71. The van der Waals surface area contributed by atoms with Crippen LogP contribution in [0.2, 0.25) is 0 Å². The SMILES string of the molecule is CC(=O)N1CCc2cc(S(=O)(=O)NC3CCCn4nc(C)nc43)ccc21. The zero-order valence-corrected chi connectivity index (χ0v) is 15.6. The van der Waals surface area contributed by atoms with Crippen LogP contribution in [0.3, 0.4) is 0 Å². The number of nitrogens with one attached hydrogen (secondary N) is 1. The second kappa shape index (κ2) is 6.17. The molecule has 2 aliphatic heterocycles. The van der Waals surface area contributed by atoms with Gasteiger partial charge in [-0.05, 0) is 49.9 Å². The van der Waals surface area contributed by atoms with Crippen molar-refractivity contribution in [3.05, 3.63) is 35.4 Å². The second-order valence-electron chi connectivity index (χ2n) is 6.77. The summed E-state index contributed by atoms with van der Waals surface area (Å²) in [5.74, 6) is 1.28. The molecule has 0 bridgehead atoms. The number of benzene rings is 1. The molecule has 3 heterocycles. The first kappa shape index (κ1) is 17.2. The highest BCUT2D eigenvalue weighted by molar-refractivity contribution is 7.89. The number of nitrogens with zero attached hydrogens (tertiary/aromatic N) is 4. The van der Waals surface area contributed by atoms with Crippen LogP contribution in [0.5, 0.6) is 0 Å². The summed E-state index contributed by atoms with van der Waals surface area (Å²) in [7, 11) is -3.69. The van der Waals surface area contributed by atoms with Crippen molar-refractivity contribution in [2.75, 3.05) is 11.4 Å². The standard InChI is InChI=1S/C17H21N5O3S/c1-11-18-17-15(4-3-8-22(17)19-11)20-26(24,25)14-5-6-16-13(10-14)7-9-21(16)12(2)23/h5-6,10,15,20H,3-4,7-9H2,1-2H3. The van der Waals surface area contributed by atoms with Crippen LogP contribution in [-0.2, 0) is 27.8 Å². The first-order chi connectivity index (χ1) is 12.3. The summed E-state index contributed by atoms with van der Waals surface area (Å²) < 4.78 is 30.3. The molecule has 26 heavy (non-hydrogen) atoms. The minimum atomic E-state index is -3.69. The van der Waals surface area contributed by atoms with E-state index < -0.39 is 10.0 Å². The van der Waals surface area contributed by atoms with E-state index in [9.17, 15) is 13.2 Å². The predicted molar refractivity (Wildman–Crippen MR) is 95.2 cm³/mol. The first-order valence-electron chi connectivity index (χ1n) is 8.70. The molecule has 1 unspecified atom stereocenters. The molecule has 0 spiro atoms. The number of rotatable bonds is 3. The largest absolute Gasteiger partial charge is 0.312 e. The highest BCUT2D eigenvalue weighted by Crippen LogP contribution is 2.31. The molecule has 1 amide bonds.